The summed E-state index contributed by atoms with van der Waals surface area (Å²) in [6.45, 7) is 7.28. The number of nitrogens with one attached hydrogen (secondary N) is 2. The zero-order valence-corrected chi connectivity index (χ0v) is 11.9. The van der Waals surface area contributed by atoms with Crippen LogP contribution in [-0.4, -0.2) is 25.3 Å². The molecule has 1 aromatic rings. The van der Waals surface area contributed by atoms with Crippen molar-refractivity contribution in [1.29, 1.82) is 0 Å². The molecule has 0 spiro atoms. The Morgan fingerprint density at radius 3 is 2.68 bits per heavy atom. The number of hydrogen-bond acceptors (Lipinski definition) is 3. The van der Waals surface area contributed by atoms with Gasteiger partial charge in [-0.25, -0.2) is 0 Å². The van der Waals surface area contributed by atoms with Crippen molar-refractivity contribution < 1.29 is 9.47 Å². The predicted octanol–water partition coefficient (Wildman–Crippen LogP) is 1.88. The molecule has 0 amide bonds. The van der Waals surface area contributed by atoms with Crippen LogP contribution in [-0.2, 0) is 6.54 Å². The van der Waals surface area contributed by atoms with Crippen LogP contribution in [0.3, 0.4) is 0 Å². The van der Waals surface area contributed by atoms with Crippen molar-refractivity contribution in [3.05, 3.63) is 23.8 Å². The third-order valence-corrected chi connectivity index (χ3v) is 2.61. The number of ether oxygens (including phenoxy) is 2. The minimum atomic E-state index is -0.0171. The second-order valence-corrected chi connectivity index (χ2v) is 5.49. The molecule has 2 rings (SSSR count). The minimum absolute atomic E-state index is 0.0171. The van der Waals surface area contributed by atoms with Gasteiger partial charge >= 0.3 is 0 Å². The first-order valence-electron chi connectivity index (χ1n) is 6.35. The fraction of sp³-hybridized carbons (Fsp3) is 0.500. The van der Waals surface area contributed by atoms with E-state index in [1.54, 1.807) is 7.05 Å². The average molecular weight is 263 g/mol. The van der Waals surface area contributed by atoms with E-state index in [4.69, 9.17) is 9.47 Å². The maximum atomic E-state index is 5.36. The van der Waals surface area contributed by atoms with Crippen molar-refractivity contribution in [3.8, 4) is 11.5 Å². The van der Waals surface area contributed by atoms with Crippen molar-refractivity contribution in [2.24, 2.45) is 4.99 Å². The maximum absolute atomic E-state index is 5.36. The van der Waals surface area contributed by atoms with Gasteiger partial charge in [0.25, 0.3) is 0 Å². The van der Waals surface area contributed by atoms with E-state index in [1.165, 1.54) is 0 Å². The lowest BCUT2D eigenvalue weighted by Gasteiger charge is -2.23. The van der Waals surface area contributed by atoms with E-state index in [9.17, 15) is 0 Å². The normalized spacial score (nSPS) is 14.4. The van der Waals surface area contributed by atoms with Crippen LogP contribution in [0.15, 0.2) is 23.2 Å². The third kappa shape index (κ3) is 3.77. The van der Waals surface area contributed by atoms with Gasteiger partial charge in [0, 0.05) is 19.1 Å². The van der Waals surface area contributed by atoms with Gasteiger partial charge < -0.3 is 20.1 Å². The second-order valence-electron chi connectivity index (χ2n) is 5.49. The van der Waals surface area contributed by atoms with E-state index in [0.717, 1.165) is 23.0 Å². The zero-order chi connectivity index (χ0) is 13.9. The number of hydrogen-bond donors (Lipinski definition) is 2. The van der Waals surface area contributed by atoms with E-state index < -0.39 is 0 Å². The Kier molecular flexibility index (Phi) is 3.83. The molecule has 0 bridgehead atoms. The number of guanidine groups is 1. The lowest BCUT2D eigenvalue weighted by atomic mass is 10.1. The van der Waals surface area contributed by atoms with E-state index in [2.05, 4.69) is 36.4 Å². The Morgan fingerprint density at radius 1 is 1.26 bits per heavy atom. The highest BCUT2D eigenvalue weighted by atomic mass is 16.7. The topological polar surface area (TPSA) is 54.9 Å². The molecule has 0 atom stereocenters. The fourth-order valence-corrected chi connectivity index (χ4v) is 1.77. The second kappa shape index (κ2) is 5.38. The first kappa shape index (κ1) is 13.5. The van der Waals surface area contributed by atoms with Gasteiger partial charge in [0.1, 0.15) is 0 Å². The summed E-state index contributed by atoms with van der Waals surface area (Å²) >= 11 is 0. The van der Waals surface area contributed by atoms with Gasteiger partial charge in [0.05, 0.1) is 0 Å². The largest absolute Gasteiger partial charge is 0.454 e. The van der Waals surface area contributed by atoms with Gasteiger partial charge in [0.2, 0.25) is 6.79 Å². The Balaban J connectivity index is 1.95. The van der Waals surface area contributed by atoms with Gasteiger partial charge in [-0.15, -0.1) is 0 Å². The van der Waals surface area contributed by atoms with Crippen LogP contribution in [0.5, 0.6) is 11.5 Å². The highest BCUT2D eigenvalue weighted by molar-refractivity contribution is 5.80. The highest BCUT2D eigenvalue weighted by Gasteiger charge is 2.14. The lowest BCUT2D eigenvalue weighted by molar-refractivity contribution is 0.174. The predicted molar refractivity (Wildman–Crippen MR) is 75.7 cm³/mol. The number of nitrogens with zero attached hydrogens (tertiary/aromatic N) is 1. The quantitative estimate of drug-likeness (QED) is 0.632. The minimum Gasteiger partial charge on any atom is -0.454 e. The fourth-order valence-electron chi connectivity index (χ4n) is 1.77. The molecule has 0 radical (unpaired) electrons. The molecule has 1 aliphatic heterocycles. The molecule has 2 N–H and O–H groups in total. The van der Waals surface area contributed by atoms with E-state index in [0.29, 0.717) is 13.3 Å². The van der Waals surface area contributed by atoms with Crippen LogP contribution in [0, 0.1) is 0 Å². The summed E-state index contributed by atoms with van der Waals surface area (Å²) < 4.78 is 10.6. The Labute approximate surface area is 114 Å². The molecule has 104 valence electrons. The molecule has 1 aliphatic rings. The monoisotopic (exact) mass is 263 g/mol. The van der Waals surface area contributed by atoms with Gasteiger partial charge in [-0.2, -0.15) is 0 Å². The van der Waals surface area contributed by atoms with Crippen molar-refractivity contribution in [3.63, 3.8) is 0 Å². The third-order valence-electron chi connectivity index (χ3n) is 2.61. The molecular formula is C14H21N3O2. The molecule has 0 unspecified atom stereocenters. The van der Waals surface area contributed by atoms with Crippen LogP contribution in [0.25, 0.3) is 0 Å². The van der Waals surface area contributed by atoms with Gasteiger partial charge in [0.15, 0.2) is 17.5 Å². The molecule has 5 heteroatoms. The lowest BCUT2D eigenvalue weighted by Crippen LogP contribution is -2.47. The van der Waals surface area contributed by atoms with E-state index >= 15 is 0 Å². The smallest absolute Gasteiger partial charge is 0.231 e. The number of fused-ring (bicyclic) bond motifs is 1. The molecule has 1 heterocycles. The molecule has 5 nitrogen and oxygen atoms in total. The molecule has 0 aliphatic carbocycles. The first-order valence-corrected chi connectivity index (χ1v) is 6.35. The van der Waals surface area contributed by atoms with Crippen LogP contribution in [0.4, 0.5) is 0 Å². The van der Waals surface area contributed by atoms with Crippen molar-refractivity contribution >= 4 is 5.96 Å². The van der Waals surface area contributed by atoms with E-state index in [1.807, 2.05) is 18.2 Å². The van der Waals surface area contributed by atoms with Crippen molar-refractivity contribution in [2.45, 2.75) is 32.9 Å². The number of rotatable bonds is 2. The van der Waals surface area contributed by atoms with E-state index in [-0.39, 0.29) is 5.54 Å². The summed E-state index contributed by atoms with van der Waals surface area (Å²) in [6, 6.07) is 5.93. The summed E-state index contributed by atoms with van der Waals surface area (Å²) in [7, 11) is 1.76. The summed E-state index contributed by atoms with van der Waals surface area (Å²) in [4.78, 5) is 4.20. The first-order chi connectivity index (χ1) is 8.98. The molecule has 0 aromatic heterocycles. The summed E-state index contributed by atoms with van der Waals surface area (Å²) in [5, 5.41) is 6.59. The molecule has 0 fully saturated rings. The van der Waals surface area contributed by atoms with Crippen LogP contribution in [0.2, 0.25) is 0 Å². The zero-order valence-electron chi connectivity index (χ0n) is 11.9. The molecular weight excluding hydrogens is 242 g/mol. The SMILES string of the molecule is CN=C(NCc1ccc2c(c1)OCO2)NC(C)(C)C. The number of aliphatic imine (C=N–C) groups is 1. The molecule has 0 saturated carbocycles. The van der Waals surface area contributed by atoms with Gasteiger partial charge in [-0.1, -0.05) is 6.07 Å². The van der Waals surface area contributed by atoms with Crippen LogP contribution < -0.4 is 20.1 Å². The molecule has 1 aromatic carbocycles. The summed E-state index contributed by atoms with van der Waals surface area (Å²) in [6.07, 6.45) is 0. The highest BCUT2D eigenvalue weighted by Crippen LogP contribution is 2.32. The Hall–Kier alpha value is -1.91. The average Bonchev–Trinajstić information content (AvgIpc) is 2.80. The number of benzene rings is 1. The standard InChI is InChI=1S/C14H21N3O2/c1-14(2,3)17-13(15-4)16-8-10-5-6-11-12(7-10)19-9-18-11/h5-7H,8-9H2,1-4H3,(H2,15,16,17). The summed E-state index contributed by atoms with van der Waals surface area (Å²) in [5.41, 5.74) is 1.11. The van der Waals surface area contributed by atoms with Crippen LogP contribution in [0.1, 0.15) is 26.3 Å². The molecule has 19 heavy (non-hydrogen) atoms. The van der Waals surface area contributed by atoms with Crippen LogP contribution >= 0.6 is 0 Å². The van der Waals surface area contributed by atoms with Crippen molar-refractivity contribution in [2.75, 3.05) is 13.8 Å². The molecule has 0 saturated heterocycles. The van der Waals surface area contributed by atoms with Gasteiger partial charge in [-0.05, 0) is 38.5 Å². The Bertz CT molecular complexity index is 478. The summed E-state index contributed by atoms with van der Waals surface area (Å²) in [5.74, 6) is 2.39. The Morgan fingerprint density at radius 2 is 2.00 bits per heavy atom. The maximum Gasteiger partial charge on any atom is 0.231 e. The van der Waals surface area contributed by atoms with Crippen molar-refractivity contribution in [1.82, 2.24) is 10.6 Å². The van der Waals surface area contributed by atoms with Gasteiger partial charge in [-0.3, -0.25) is 4.99 Å².